The lowest BCUT2D eigenvalue weighted by molar-refractivity contribution is -0.124. The third kappa shape index (κ3) is 6.56. The molecular weight excluding hydrogens is 284 g/mol. The van der Waals surface area contributed by atoms with Crippen molar-refractivity contribution in [3.63, 3.8) is 0 Å². The van der Waals surface area contributed by atoms with E-state index in [0.717, 1.165) is 25.7 Å². The van der Waals surface area contributed by atoms with Crippen LogP contribution in [0, 0.1) is 0 Å². The Kier molecular flexibility index (Phi) is 7.96. The van der Waals surface area contributed by atoms with Gasteiger partial charge in [0.25, 0.3) is 5.91 Å². The van der Waals surface area contributed by atoms with Gasteiger partial charge in [-0.3, -0.25) is 4.79 Å². The Labute approximate surface area is 131 Å². The fourth-order valence-corrected chi connectivity index (χ4v) is 1.93. The maximum atomic E-state index is 11.8. The molecule has 0 fully saturated rings. The molecule has 0 aromatic carbocycles. The van der Waals surface area contributed by atoms with E-state index in [1.807, 2.05) is 6.92 Å². The smallest absolute Gasteiger partial charge is 0.340 e. The van der Waals surface area contributed by atoms with Crippen molar-refractivity contribution in [2.24, 2.45) is 0 Å². The predicted molar refractivity (Wildman–Crippen MR) is 82.8 cm³/mol. The van der Waals surface area contributed by atoms with Gasteiger partial charge in [0.05, 0.1) is 12.7 Å². The number of unbranched alkanes of at least 4 members (excludes halogenated alkanes) is 2. The molecule has 0 saturated heterocycles. The maximum Gasteiger partial charge on any atom is 0.340 e. The van der Waals surface area contributed by atoms with Gasteiger partial charge in [0.2, 0.25) is 5.88 Å². The summed E-state index contributed by atoms with van der Waals surface area (Å²) in [6, 6.07) is 3.19. The molecule has 0 saturated carbocycles. The number of aromatic nitrogens is 1. The molecule has 22 heavy (non-hydrogen) atoms. The van der Waals surface area contributed by atoms with Crippen LogP contribution in [0.25, 0.3) is 0 Å². The van der Waals surface area contributed by atoms with Gasteiger partial charge in [-0.2, -0.15) is 0 Å². The average molecular weight is 308 g/mol. The molecule has 0 aliphatic carbocycles. The Morgan fingerprint density at radius 1 is 1.32 bits per heavy atom. The van der Waals surface area contributed by atoms with Gasteiger partial charge in [-0.25, -0.2) is 9.78 Å². The van der Waals surface area contributed by atoms with Crippen LogP contribution in [0.15, 0.2) is 18.3 Å². The minimum atomic E-state index is -0.580. The van der Waals surface area contributed by atoms with Crippen LogP contribution >= 0.6 is 0 Å². The number of rotatable bonds is 9. The molecule has 0 aliphatic heterocycles. The standard InChI is InChI=1S/C16H24N2O4/c1-4-5-6-7-12(2)18-14(19)11-22-16(20)13-8-9-15(21-3)17-10-13/h8-10,12H,4-7,11H2,1-3H3,(H,18,19). The van der Waals surface area contributed by atoms with Gasteiger partial charge in [-0.1, -0.05) is 26.2 Å². The van der Waals surface area contributed by atoms with E-state index in [9.17, 15) is 9.59 Å². The van der Waals surface area contributed by atoms with E-state index in [0.29, 0.717) is 5.88 Å². The molecule has 1 N–H and O–H groups in total. The number of pyridine rings is 1. The zero-order valence-electron chi connectivity index (χ0n) is 13.4. The Hall–Kier alpha value is -2.11. The van der Waals surface area contributed by atoms with Gasteiger partial charge in [0.15, 0.2) is 6.61 Å². The summed E-state index contributed by atoms with van der Waals surface area (Å²) in [5.74, 6) is -0.460. The highest BCUT2D eigenvalue weighted by molar-refractivity contribution is 5.91. The molecule has 1 atom stereocenters. The number of hydrogen-bond acceptors (Lipinski definition) is 5. The highest BCUT2D eigenvalue weighted by Crippen LogP contribution is 2.08. The van der Waals surface area contributed by atoms with Crippen LogP contribution in [0.2, 0.25) is 0 Å². The number of nitrogens with one attached hydrogen (secondary N) is 1. The summed E-state index contributed by atoms with van der Waals surface area (Å²) in [6.45, 7) is 3.79. The molecule has 6 nitrogen and oxygen atoms in total. The van der Waals surface area contributed by atoms with Gasteiger partial charge in [0.1, 0.15) is 0 Å². The van der Waals surface area contributed by atoms with Crippen molar-refractivity contribution in [3.8, 4) is 5.88 Å². The van der Waals surface area contributed by atoms with Crippen LogP contribution in [0.3, 0.4) is 0 Å². The zero-order chi connectivity index (χ0) is 16.4. The van der Waals surface area contributed by atoms with E-state index in [1.54, 1.807) is 12.1 Å². The molecule has 0 aliphatic rings. The first-order chi connectivity index (χ1) is 10.6. The van der Waals surface area contributed by atoms with Crippen molar-refractivity contribution >= 4 is 11.9 Å². The topological polar surface area (TPSA) is 77.5 Å². The molecule has 0 bridgehead atoms. The number of carbonyl (C=O) groups is 2. The second kappa shape index (κ2) is 9.76. The van der Waals surface area contributed by atoms with Crippen LogP contribution in [0.4, 0.5) is 0 Å². The fraction of sp³-hybridized carbons (Fsp3) is 0.562. The van der Waals surface area contributed by atoms with Gasteiger partial charge in [-0.15, -0.1) is 0 Å². The molecule has 1 unspecified atom stereocenters. The van der Waals surface area contributed by atoms with E-state index in [4.69, 9.17) is 9.47 Å². The van der Waals surface area contributed by atoms with Crippen LogP contribution in [-0.2, 0) is 9.53 Å². The van der Waals surface area contributed by atoms with E-state index < -0.39 is 5.97 Å². The SMILES string of the molecule is CCCCCC(C)NC(=O)COC(=O)c1ccc(OC)nc1. The lowest BCUT2D eigenvalue weighted by Crippen LogP contribution is -2.35. The zero-order valence-corrected chi connectivity index (χ0v) is 13.4. The van der Waals surface area contributed by atoms with E-state index in [1.165, 1.54) is 13.3 Å². The van der Waals surface area contributed by atoms with Crippen LogP contribution in [-0.4, -0.2) is 36.6 Å². The predicted octanol–water partition coefficient (Wildman–Crippen LogP) is 2.33. The first-order valence-electron chi connectivity index (χ1n) is 7.53. The van der Waals surface area contributed by atoms with Crippen molar-refractivity contribution in [2.75, 3.05) is 13.7 Å². The monoisotopic (exact) mass is 308 g/mol. The van der Waals surface area contributed by atoms with Crippen molar-refractivity contribution in [1.82, 2.24) is 10.3 Å². The highest BCUT2D eigenvalue weighted by atomic mass is 16.5. The van der Waals surface area contributed by atoms with E-state index >= 15 is 0 Å². The number of amides is 1. The fourth-order valence-electron chi connectivity index (χ4n) is 1.93. The third-order valence-electron chi connectivity index (χ3n) is 3.16. The summed E-state index contributed by atoms with van der Waals surface area (Å²) >= 11 is 0. The largest absolute Gasteiger partial charge is 0.481 e. The minimum Gasteiger partial charge on any atom is -0.481 e. The summed E-state index contributed by atoms with van der Waals surface area (Å²) in [6.07, 6.45) is 5.66. The molecule has 0 spiro atoms. The normalized spacial score (nSPS) is 11.6. The Morgan fingerprint density at radius 3 is 2.68 bits per heavy atom. The number of hydrogen-bond donors (Lipinski definition) is 1. The minimum absolute atomic E-state index is 0.0837. The lowest BCUT2D eigenvalue weighted by Gasteiger charge is -2.13. The second-order valence-corrected chi connectivity index (χ2v) is 5.13. The van der Waals surface area contributed by atoms with Gasteiger partial charge >= 0.3 is 5.97 Å². The summed E-state index contributed by atoms with van der Waals surface area (Å²) < 4.78 is 9.86. The summed E-state index contributed by atoms with van der Waals surface area (Å²) in [4.78, 5) is 27.4. The number of nitrogens with zero attached hydrogens (tertiary/aromatic N) is 1. The molecule has 0 radical (unpaired) electrons. The van der Waals surface area contributed by atoms with Crippen LogP contribution in [0.5, 0.6) is 5.88 Å². The lowest BCUT2D eigenvalue weighted by atomic mass is 10.1. The summed E-state index contributed by atoms with van der Waals surface area (Å²) in [5, 5.41) is 2.81. The van der Waals surface area contributed by atoms with Crippen molar-refractivity contribution in [2.45, 2.75) is 45.6 Å². The van der Waals surface area contributed by atoms with Crippen molar-refractivity contribution in [3.05, 3.63) is 23.9 Å². The van der Waals surface area contributed by atoms with E-state index in [2.05, 4.69) is 17.2 Å². The number of methoxy groups -OCH3 is 1. The maximum absolute atomic E-state index is 11.8. The molecule has 1 amide bonds. The molecule has 1 aromatic heterocycles. The summed E-state index contributed by atoms with van der Waals surface area (Å²) in [5.41, 5.74) is 0.282. The quantitative estimate of drug-likeness (QED) is 0.559. The Bertz CT molecular complexity index is 474. The molecule has 1 heterocycles. The average Bonchev–Trinajstić information content (AvgIpc) is 2.53. The van der Waals surface area contributed by atoms with E-state index in [-0.39, 0.29) is 24.1 Å². The second-order valence-electron chi connectivity index (χ2n) is 5.13. The van der Waals surface area contributed by atoms with Gasteiger partial charge in [-0.05, 0) is 19.4 Å². The number of ether oxygens (including phenoxy) is 2. The first-order valence-corrected chi connectivity index (χ1v) is 7.53. The molecule has 1 rings (SSSR count). The number of carbonyl (C=O) groups excluding carboxylic acids is 2. The van der Waals surface area contributed by atoms with Crippen molar-refractivity contribution < 1.29 is 19.1 Å². The number of esters is 1. The molecule has 122 valence electrons. The first kappa shape index (κ1) is 17.9. The molecule has 6 heteroatoms. The highest BCUT2D eigenvalue weighted by Gasteiger charge is 2.12. The Morgan fingerprint density at radius 2 is 2.09 bits per heavy atom. The molecule has 1 aromatic rings. The third-order valence-corrected chi connectivity index (χ3v) is 3.16. The van der Waals surface area contributed by atoms with Gasteiger partial charge in [0, 0.05) is 18.3 Å². The summed E-state index contributed by atoms with van der Waals surface area (Å²) in [7, 11) is 1.49. The van der Waals surface area contributed by atoms with Crippen LogP contribution < -0.4 is 10.1 Å². The van der Waals surface area contributed by atoms with Crippen LogP contribution in [0.1, 0.15) is 49.9 Å². The Balaban J connectivity index is 2.31. The van der Waals surface area contributed by atoms with Gasteiger partial charge < -0.3 is 14.8 Å². The molecular formula is C16H24N2O4. The van der Waals surface area contributed by atoms with Crippen molar-refractivity contribution in [1.29, 1.82) is 0 Å².